The van der Waals surface area contributed by atoms with Gasteiger partial charge in [-0.2, -0.15) is 0 Å². The molecule has 192 valence electrons. The topological polar surface area (TPSA) is 161 Å². The fraction of sp³-hybridized carbons (Fsp3) is 0.120. The van der Waals surface area contributed by atoms with E-state index >= 15 is 0 Å². The molecule has 0 bridgehead atoms. The van der Waals surface area contributed by atoms with Crippen LogP contribution < -0.4 is 9.47 Å². The highest BCUT2D eigenvalue weighted by Gasteiger charge is 2.17. The summed E-state index contributed by atoms with van der Waals surface area (Å²) >= 11 is 0. The monoisotopic (exact) mass is 513 g/mol. The lowest BCUT2D eigenvalue weighted by Crippen LogP contribution is -2.08. The number of methoxy groups -OCH3 is 2. The van der Waals surface area contributed by atoms with Crippen LogP contribution in [0.5, 0.6) is 11.5 Å². The number of hydrogen-bond donors (Lipinski definition) is 3. The second-order valence-electron chi connectivity index (χ2n) is 8.06. The lowest BCUT2D eigenvalue weighted by atomic mass is 10.1. The van der Waals surface area contributed by atoms with Gasteiger partial charge in [0.1, 0.15) is 28.6 Å². The molecule has 3 heterocycles. The number of H-pyrrole nitrogens is 1. The molecule has 0 fully saturated rings. The van der Waals surface area contributed by atoms with Crippen molar-refractivity contribution < 1.29 is 19.9 Å². The zero-order valence-electron chi connectivity index (χ0n) is 20.4. The highest BCUT2D eigenvalue weighted by Crippen LogP contribution is 2.17. The summed E-state index contributed by atoms with van der Waals surface area (Å²) in [5.41, 5.74) is 3.98. The van der Waals surface area contributed by atoms with Gasteiger partial charge in [-0.15, -0.1) is 10.2 Å². The molecule has 3 aromatic heterocycles. The summed E-state index contributed by atoms with van der Waals surface area (Å²) in [6.07, 6.45) is 3.53. The van der Waals surface area contributed by atoms with Crippen molar-refractivity contribution in [3.8, 4) is 22.9 Å². The first-order valence-electron chi connectivity index (χ1n) is 11.4. The second kappa shape index (κ2) is 10.7. The molecule has 0 spiro atoms. The van der Waals surface area contributed by atoms with Crippen LogP contribution in [0.15, 0.2) is 83.4 Å². The number of nitrogens with one attached hydrogen (secondary N) is 1. The fourth-order valence-corrected chi connectivity index (χ4v) is 3.77. The first kappa shape index (κ1) is 24.2. The van der Waals surface area contributed by atoms with Crippen molar-refractivity contribution >= 4 is 11.4 Å². The van der Waals surface area contributed by atoms with E-state index in [-0.39, 0.29) is 12.1 Å². The molecule has 0 atom stereocenters. The molecule has 0 aliphatic carbocycles. The van der Waals surface area contributed by atoms with Gasteiger partial charge in [-0.3, -0.25) is 0 Å². The van der Waals surface area contributed by atoms with Gasteiger partial charge >= 0.3 is 0 Å². The highest BCUT2D eigenvalue weighted by atomic mass is 16.5. The van der Waals surface area contributed by atoms with Crippen molar-refractivity contribution in [3.05, 3.63) is 95.8 Å². The Morgan fingerprint density at radius 3 is 1.84 bits per heavy atom. The van der Waals surface area contributed by atoms with Gasteiger partial charge in [-0.1, -0.05) is 20.7 Å². The summed E-state index contributed by atoms with van der Waals surface area (Å²) in [5.74, 6) is 1.45. The Morgan fingerprint density at radius 1 is 0.763 bits per heavy atom. The summed E-state index contributed by atoms with van der Waals surface area (Å²) in [5, 5.41) is 42.7. The Balaban J connectivity index is 1.31. The second-order valence-corrected chi connectivity index (χ2v) is 8.06. The number of nitrogens with zero attached hydrogens (tertiary/aromatic N) is 8. The zero-order valence-corrected chi connectivity index (χ0v) is 20.4. The van der Waals surface area contributed by atoms with Crippen LogP contribution in [0.4, 0.5) is 0 Å². The standard InChI is InChI=1S/C25H23N9O4/c1-37-19-8-4-17(5-9-19)33-14-23(27-31-33)22(29-35)13-16-3-12-21(26-16)25(30-36)24-15-34(32-28-24)18-6-10-20(38-2)11-7-18/h3-12,14-15,26,35-36H,13H2,1-2H3/b29-22+,30-25-. The van der Waals surface area contributed by atoms with E-state index in [4.69, 9.17) is 9.47 Å². The molecule has 0 radical (unpaired) electrons. The van der Waals surface area contributed by atoms with E-state index in [1.165, 1.54) is 0 Å². The van der Waals surface area contributed by atoms with E-state index in [1.807, 2.05) is 48.5 Å². The van der Waals surface area contributed by atoms with E-state index < -0.39 is 0 Å². The van der Waals surface area contributed by atoms with Crippen molar-refractivity contribution in [2.24, 2.45) is 10.3 Å². The van der Waals surface area contributed by atoms with Gasteiger partial charge in [0.05, 0.1) is 43.7 Å². The summed E-state index contributed by atoms with van der Waals surface area (Å²) in [7, 11) is 3.19. The number of benzene rings is 2. The minimum atomic E-state index is 0.198. The summed E-state index contributed by atoms with van der Waals surface area (Å²) in [4.78, 5) is 3.17. The molecule has 0 unspecified atom stereocenters. The van der Waals surface area contributed by atoms with Crippen LogP contribution in [0.25, 0.3) is 11.4 Å². The van der Waals surface area contributed by atoms with Gasteiger partial charge in [0.15, 0.2) is 5.71 Å². The highest BCUT2D eigenvalue weighted by molar-refractivity contribution is 6.10. The van der Waals surface area contributed by atoms with Gasteiger partial charge in [-0.25, -0.2) is 9.36 Å². The molecule has 13 heteroatoms. The molecule has 38 heavy (non-hydrogen) atoms. The Morgan fingerprint density at radius 2 is 1.32 bits per heavy atom. The number of ether oxygens (including phenoxy) is 2. The number of aromatic amines is 1. The quantitative estimate of drug-likeness (QED) is 0.154. The zero-order chi connectivity index (χ0) is 26.5. The number of aromatic nitrogens is 7. The fourth-order valence-electron chi connectivity index (χ4n) is 3.77. The lowest BCUT2D eigenvalue weighted by Gasteiger charge is -2.02. The molecule has 3 N–H and O–H groups in total. The molecule has 5 aromatic rings. The molecule has 0 saturated carbocycles. The average Bonchev–Trinajstić information content (AvgIpc) is 3.74. The first-order valence-corrected chi connectivity index (χ1v) is 11.4. The average molecular weight is 514 g/mol. The number of hydrogen-bond acceptors (Lipinski definition) is 10. The van der Waals surface area contributed by atoms with Crippen LogP contribution in [0.2, 0.25) is 0 Å². The molecule has 2 aromatic carbocycles. The van der Waals surface area contributed by atoms with E-state index in [0.29, 0.717) is 28.5 Å². The van der Waals surface area contributed by atoms with Crippen molar-refractivity contribution in [2.45, 2.75) is 6.42 Å². The molecule has 0 saturated heterocycles. The van der Waals surface area contributed by atoms with Gasteiger partial charge in [0.25, 0.3) is 0 Å². The number of rotatable bonds is 9. The molecular weight excluding hydrogens is 490 g/mol. The SMILES string of the molecule is COc1ccc(-n2cc(/C(=N\O)c3ccc(C/C(=N\O)c4cn(-c5ccc(OC)cc5)nn4)[nH]3)nn2)cc1. The van der Waals surface area contributed by atoms with Crippen LogP contribution in [0.3, 0.4) is 0 Å². The molecule has 13 nitrogen and oxygen atoms in total. The van der Waals surface area contributed by atoms with Crippen LogP contribution in [0.1, 0.15) is 22.8 Å². The summed E-state index contributed by atoms with van der Waals surface area (Å²) < 4.78 is 13.5. The van der Waals surface area contributed by atoms with Crippen LogP contribution >= 0.6 is 0 Å². The normalized spacial score (nSPS) is 12.1. The van der Waals surface area contributed by atoms with Crippen LogP contribution in [-0.4, -0.2) is 71.0 Å². The van der Waals surface area contributed by atoms with Gasteiger partial charge in [-0.05, 0) is 60.7 Å². The molecular formula is C25H23N9O4. The lowest BCUT2D eigenvalue weighted by molar-refractivity contribution is 0.318. The maximum absolute atomic E-state index is 9.72. The minimum absolute atomic E-state index is 0.198. The Labute approximate surface area is 216 Å². The van der Waals surface area contributed by atoms with Crippen molar-refractivity contribution in [2.75, 3.05) is 14.2 Å². The van der Waals surface area contributed by atoms with Gasteiger partial charge in [0.2, 0.25) is 0 Å². The largest absolute Gasteiger partial charge is 0.497 e. The van der Waals surface area contributed by atoms with Gasteiger partial charge < -0.3 is 24.9 Å². The third-order valence-electron chi connectivity index (χ3n) is 5.78. The van der Waals surface area contributed by atoms with Crippen molar-refractivity contribution in [1.29, 1.82) is 0 Å². The minimum Gasteiger partial charge on any atom is -0.497 e. The molecule has 0 aliphatic rings. The maximum atomic E-state index is 9.72. The van der Waals surface area contributed by atoms with Gasteiger partial charge in [0, 0.05) is 12.1 Å². The maximum Gasteiger partial charge on any atom is 0.155 e. The van der Waals surface area contributed by atoms with E-state index in [0.717, 1.165) is 22.9 Å². The van der Waals surface area contributed by atoms with Crippen LogP contribution in [0, 0.1) is 0 Å². The van der Waals surface area contributed by atoms with E-state index in [2.05, 4.69) is 35.9 Å². The smallest absolute Gasteiger partial charge is 0.155 e. The van der Waals surface area contributed by atoms with Crippen molar-refractivity contribution in [3.63, 3.8) is 0 Å². The first-order chi connectivity index (χ1) is 18.6. The molecule has 0 aliphatic heterocycles. The van der Waals surface area contributed by atoms with Crippen molar-refractivity contribution in [1.82, 2.24) is 35.0 Å². The molecule has 5 rings (SSSR count). The summed E-state index contributed by atoms with van der Waals surface area (Å²) in [6.45, 7) is 0. The molecule has 0 amide bonds. The summed E-state index contributed by atoms with van der Waals surface area (Å²) in [6, 6.07) is 18.1. The van der Waals surface area contributed by atoms with Crippen LogP contribution in [-0.2, 0) is 6.42 Å². The Kier molecular flexibility index (Phi) is 6.80. The number of oxime groups is 2. The predicted octanol–water partition coefficient (Wildman–Crippen LogP) is 2.84. The van der Waals surface area contributed by atoms with E-state index in [1.54, 1.807) is 48.1 Å². The Bertz CT molecular complexity index is 1580. The predicted molar refractivity (Wildman–Crippen MR) is 136 cm³/mol. The van der Waals surface area contributed by atoms with E-state index in [9.17, 15) is 10.4 Å². The Hall–Kier alpha value is -5.46. The third-order valence-corrected chi connectivity index (χ3v) is 5.78. The third kappa shape index (κ3) is 4.93.